The first-order chi connectivity index (χ1) is 9.97. The van der Waals surface area contributed by atoms with Crippen LogP contribution in [0.3, 0.4) is 0 Å². The van der Waals surface area contributed by atoms with Crippen LogP contribution in [0.15, 0.2) is 30.3 Å². The molecule has 2 nitrogen and oxygen atoms in total. The third kappa shape index (κ3) is 3.08. The molecule has 1 unspecified atom stereocenters. The van der Waals surface area contributed by atoms with Crippen LogP contribution in [0.25, 0.3) is 0 Å². The lowest BCUT2D eigenvalue weighted by Crippen LogP contribution is -2.20. The quantitative estimate of drug-likeness (QED) is 0.915. The van der Waals surface area contributed by atoms with Gasteiger partial charge in [-0.1, -0.05) is 18.2 Å². The first-order valence-electron chi connectivity index (χ1n) is 7.06. The first kappa shape index (κ1) is 15.5. The van der Waals surface area contributed by atoms with Gasteiger partial charge in [0.2, 0.25) is 0 Å². The zero-order chi connectivity index (χ0) is 15.6. The molecule has 2 aromatic rings. The monoisotopic (exact) mass is 287 g/mol. The molecule has 3 heteroatoms. The summed E-state index contributed by atoms with van der Waals surface area (Å²) in [7, 11) is 3.39. The lowest BCUT2D eigenvalue weighted by molar-refractivity contribution is 0.410. The Morgan fingerprint density at radius 2 is 1.62 bits per heavy atom. The zero-order valence-corrected chi connectivity index (χ0v) is 13.3. The van der Waals surface area contributed by atoms with Gasteiger partial charge in [-0.25, -0.2) is 4.39 Å². The highest BCUT2D eigenvalue weighted by Crippen LogP contribution is 2.30. The highest BCUT2D eigenvalue weighted by molar-refractivity contribution is 5.43. The topological polar surface area (TPSA) is 21.3 Å². The summed E-state index contributed by atoms with van der Waals surface area (Å²) in [6.07, 6.45) is 0. The fourth-order valence-electron chi connectivity index (χ4n) is 2.64. The van der Waals surface area contributed by atoms with Gasteiger partial charge in [0.05, 0.1) is 13.2 Å². The second-order valence-electron chi connectivity index (χ2n) is 5.40. The molecule has 0 aromatic heterocycles. The molecule has 0 aliphatic heterocycles. The predicted molar refractivity (Wildman–Crippen MR) is 84.5 cm³/mol. The standard InChI is InChI=1S/C18H22FNO/c1-11-8-13(3)16(9-12(11)2)18(20-4)15-7-6-14(21-5)10-17(15)19/h6-10,18,20H,1-5H3. The number of aryl methyl sites for hydroxylation is 3. The molecule has 0 aliphatic rings. The van der Waals surface area contributed by atoms with E-state index in [0.717, 1.165) is 11.1 Å². The van der Waals surface area contributed by atoms with E-state index in [1.165, 1.54) is 24.3 Å². The summed E-state index contributed by atoms with van der Waals surface area (Å²) in [5, 5.41) is 3.22. The Balaban J connectivity index is 2.52. The Labute approximate surface area is 126 Å². The maximum atomic E-state index is 14.4. The zero-order valence-electron chi connectivity index (χ0n) is 13.3. The molecule has 112 valence electrons. The van der Waals surface area contributed by atoms with Crippen molar-refractivity contribution in [2.24, 2.45) is 0 Å². The second kappa shape index (κ2) is 6.27. The fraction of sp³-hybridized carbons (Fsp3) is 0.333. The number of hydrogen-bond donors (Lipinski definition) is 1. The van der Waals surface area contributed by atoms with Crippen LogP contribution in [0.5, 0.6) is 5.75 Å². The van der Waals surface area contributed by atoms with E-state index in [-0.39, 0.29) is 11.9 Å². The van der Waals surface area contributed by atoms with E-state index < -0.39 is 0 Å². The van der Waals surface area contributed by atoms with Gasteiger partial charge >= 0.3 is 0 Å². The van der Waals surface area contributed by atoms with Crippen molar-refractivity contribution in [2.45, 2.75) is 26.8 Å². The van der Waals surface area contributed by atoms with Gasteiger partial charge in [-0.05, 0) is 56.1 Å². The van der Waals surface area contributed by atoms with E-state index in [4.69, 9.17) is 4.74 Å². The minimum Gasteiger partial charge on any atom is -0.497 e. The summed E-state index contributed by atoms with van der Waals surface area (Å²) in [5.41, 5.74) is 5.35. The van der Waals surface area contributed by atoms with Gasteiger partial charge in [-0.2, -0.15) is 0 Å². The van der Waals surface area contributed by atoms with Crippen molar-refractivity contribution < 1.29 is 9.13 Å². The van der Waals surface area contributed by atoms with E-state index >= 15 is 0 Å². The Morgan fingerprint density at radius 3 is 2.19 bits per heavy atom. The second-order valence-corrected chi connectivity index (χ2v) is 5.40. The molecular formula is C18H22FNO. The summed E-state index contributed by atoms with van der Waals surface area (Å²) in [5.74, 6) is 0.272. The fourth-order valence-corrected chi connectivity index (χ4v) is 2.64. The number of ether oxygens (including phenoxy) is 1. The van der Waals surface area contributed by atoms with Crippen LogP contribution in [0.2, 0.25) is 0 Å². The summed E-state index contributed by atoms with van der Waals surface area (Å²) >= 11 is 0. The Hall–Kier alpha value is -1.87. The Morgan fingerprint density at radius 1 is 0.952 bits per heavy atom. The molecule has 0 bridgehead atoms. The highest BCUT2D eigenvalue weighted by Gasteiger charge is 2.19. The smallest absolute Gasteiger partial charge is 0.132 e. The normalized spacial score (nSPS) is 12.3. The minimum atomic E-state index is -0.258. The molecule has 0 heterocycles. The number of benzene rings is 2. The molecule has 0 saturated carbocycles. The van der Waals surface area contributed by atoms with Crippen molar-refractivity contribution in [1.29, 1.82) is 0 Å². The number of nitrogens with one attached hydrogen (secondary N) is 1. The summed E-state index contributed by atoms with van der Waals surface area (Å²) < 4.78 is 19.4. The van der Waals surface area contributed by atoms with Crippen LogP contribution < -0.4 is 10.1 Å². The molecule has 1 atom stereocenters. The SMILES string of the molecule is CNC(c1cc(C)c(C)cc1C)c1ccc(OC)cc1F. The van der Waals surface area contributed by atoms with Gasteiger partial charge in [-0.15, -0.1) is 0 Å². The van der Waals surface area contributed by atoms with Crippen molar-refractivity contribution >= 4 is 0 Å². The van der Waals surface area contributed by atoms with Gasteiger partial charge in [-0.3, -0.25) is 0 Å². The third-order valence-corrected chi connectivity index (χ3v) is 4.00. The van der Waals surface area contributed by atoms with E-state index in [2.05, 4.69) is 38.2 Å². The maximum Gasteiger partial charge on any atom is 0.132 e. The molecule has 0 aliphatic carbocycles. The third-order valence-electron chi connectivity index (χ3n) is 4.00. The molecule has 0 fully saturated rings. The minimum absolute atomic E-state index is 0.171. The highest BCUT2D eigenvalue weighted by atomic mass is 19.1. The maximum absolute atomic E-state index is 14.4. The van der Waals surface area contributed by atoms with Crippen molar-refractivity contribution in [3.8, 4) is 5.75 Å². The predicted octanol–water partition coefficient (Wildman–Crippen LogP) is 4.07. The van der Waals surface area contributed by atoms with Crippen molar-refractivity contribution in [1.82, 2.24) is 5.32 Å². The molecule has 0 radical (unpaired) electrons. The molecule has 1 N–H and O–H groups in total. The summed E-state index contributed by atoms with van der Waals surface area (Å²) in [6.45, 7) is 6.23. The molecular weight excluding hydrogens is 265 g/mol. The average molecular weight is 287 g/mol. The van der Waals surface area contributed by atoms with E-state index in [1.54, 1.807) is 12.1 Å². The molecule has 21 heavy (non-hydrogen) atoms. The van der Waals surface area contributed by atoms with Crippen LogP contribution >= 0.6 is 0 Å². The van der Waals surface area contributed by atoms with Crippen molar-refractivity contribution in [3.63, 3.8) is 0 Å². The van der Waals surface area contributed by atoms with Crippen molar-refractivity contribution in [3.05, 3.63) is 64.0 Å². The van der Waals surface area contributed by atoms with Crippen LogP contribution in [0.1, 0.15) is 33.9 Å². The van der Waals surface area contributed by atoms with E-state index in [1.807, 2.05) is 7.05 Å². The lowest BCUT2D eigenvalue weighted by Gasteiger charge is -2.21. The van der Waals surface area contributed by atoms with E-state index in [0.29, 0.717) is 11.3 Å². The van der Waals surface area contributed by atoms with Gasteiger partial charge in [0.25, 0.3) is 0 Å². The van der Waals surface area contributed by atoms with Crippen LogP contribution in [0.4, 0.5) is 4.39 Å². The van der Waals surface area contributed by atoms with Gasteiger partial charge in [0.1, 0.15) is 11.6 Å². The van der Waals surface area contributed by atoms with Crippen LogP contribution in [-0.4, -0.2) is 14.2 Å². The number of rotatable bonds is 4. The van der Waals surface area contributed by atoms with Gasteiger partial charge in [0.15, 0.2) is 0 Å². The van der Waals surface area contributed by atoms with Crippen molar-refractivity contribution in [2.75, 3.05) is 14.2 Å². The molecule has 2 rings (SSSR count). The Bertz CT molecular complexity index is 652. The Kier molecular flexibility index (Phi) is 4.63. The largest absolute Gasteiger partial charge is 0.497 e. The number of hydrogen-bond acceptors (Lipinski definition) is 2. The summed E-state index contributed by atoms with van der Waals surface area (Å²) in [6, 6.07) is 9.11. The molecule has 2 aromatic carbocycles. The molecule has 0 saturated heterocycles. The first-order valence-corrected chi connectivity index (χ1v) is 7.06. The number of halogens is 1. The van der Waals surface area contributed by atoms with Crippen LogP contribution in [-0.2, 0) is 0 Å². The average Bonchev–Trinajstić information content (AvgIpc) is 2.46. The molecule has 0 spiro atoms. The number of methoxy groups -OCH3 is 1. The van der Waals surface area contributed by atoms with Crippen LogP contribution in [0, 0.1) is 26.6 Å². The van der Waals surface area contributed by atoms with E-state index in [9.17, 15) is 4.39 Å². The lowest BCUT2D eigenvalue weighted by atomic mass is 9.91. The van der Waals surface area contributed by atoms with Gasteiger partial charge in [0, 0.05) is 11.6 Å². The summed E-state index contributed by atoms with van der Waals surface area (Å²) in [4.78, 5) is 0. The molecule has 0 amide bonds. The van der Waals surface area contributed by atoms with Gasteiger partial charge < -0.3 is 10.1 Å².